The molecular weight excluding hydrogens is 272 g/mol. The number of hydrogen-bond donors (Lipinski definition) is 1. The Hall–Kier alpha value is -1.82. The van der Waals surface area contributed by atoms with Gasteiger partial charge in [0.25, 0.3) is 0 Å². The summed E-state index contributed by atoms with van der Waals surface area (Å²) in [5.74, 6) is -0.573. The van der Waals surface area contributed by atoms with E-state index in [1.165, 1.54) is 19.4 Å². The number of nitrogens with zero attached hydrogens (tertiary/aromatic N) is 1. The second-order valence-electron chi connectivity index (χ2n) is 4.68. The third kappa shape index (κ3) is 4.75. The summed E-state index contributed by atoms with van der Waals surface area (Å²) in [5, 5.41) is 2.48. The van der Waals surface area contributed by atoms with Crippen LogP contribution in [0, 0.1) is 0 Å². The van der Waals surface area contributed by atoms with Gasteiger partial charge in [-0.2, -0.15) is 0 Å². The highest BCUT2D eigenvalue weighted by Gasteiger charge is 2.18. The van der Waals surface area contributed by atoms with Gasteiger partial charge in [0, 0.05) is 6.20 Å². The molecule has 0 saturated carbocycles. The van der Waals surface area contributed by atoms with Crippen molar-refractivity contribution in [3.8, 4) is 0 Å². The van der Waals surface area contributed by atoms with E-state index in [0.29, 0.717) is 0 Å². The number of aromatic nitrogens is 1. The van der Waals surface area contributed by atoms with E-state index in [0.717, 1.165) is 0 Å². The van der Waals surface area contributed by atoms with E-state index in [4.69, 9.17) is 16.3 Å². The highest BCUT2D eigenvalue weighted by Crippen LogP contribution is 2.21. The van der Waals surface area contributed by atoms with Gasteiger partial charge in [-0.1, -0.05) is 11.6 Å². The van der Waals surface area contributed by atoms with E-state index >= 15 is 0 Å². The second-order valence-corrected chi connectivity index (χ2v) is 5.04. The molecule has 0 saturated heterocycles. The lowest BCUT2D eigenvalue weighted by Gasteiger charge is -2.19. The summed E-state index contributed by atoms with van der Waals surface area (Å²) in [5.41, 5.74) is -0.277. The minimum atomic E-state index is -0.682. The lowest BCUT2D eigenvalue weighted by molar-refractivity contribution is 0.0595. The summed E-state index contributed by atoms with van der Waals surface area (Å²) in [4.78, 5) is 26.7. The van der Waals surface area contributed by atoms with Crippen LogP contribution in [0.15, 0.2) is 12.3 Å². The standard InChI is InChI=1S/C12H15ClN2O4/c1-12(2,3)19-11(17)15-8-5-7(10(16)18-4)6-14-9(8)13/h5-6H,1-4H3,(H,15,17). The number of hydrogen-bond acceptors (Lipinski definition) is 5. The highest BCUT2D eigenvalue weighted by molar-refractivity contribution is 6.32. The van der Waals surface area contributed by atoms with Crippen LogP contribution in [-0.2, 0) is 9.47 Å². The summed E-state index contributed by atoms with van der Waals surface area (Å²) in [6.07, 6.45) is 0.576. The number of carbonyl (C=O) groups is 2. The Bertz CT molecular complexity index is 497. The van der Waals surface area contributed by atoms with Gasteiger partial charge in [0.1, 0.15) is 5.60 Å². The average molecular weight is 287 g/mol. The predicted molar refractivity (Wildman–Crippen MR) is 70.4 cm³/mol. The molecule has 1 rings (SSSR count). The molecule has 0 bridgehead atoms. The summed E-state index contributed by atoms with van der Waals surface area (Å²) < 4.78 is 9.62. The van der Waals surface area contributed by atoms with Crippen LogP contribution in [0.1, 0.15) is 31.1 Å². The number of pyridine rings is 1. The van der Waals surface area contributed by atoms with E-state index in [1.54, 1.807) is 20.8 Å². The van der Waals surface area contributed by atoms with E-state index < -0.39 is 17.7 Å². The van der Waals surface area contributed by atoms with Crippen LogP contribution in [0.5, 0.6) is 0 Å². The van der Waals surface area contributed by atoms with Crippen molar-refractivity contribution < 1.29 is 19.1 Å². The van der Waals surface area contributed by atoms with Gasteiger partial charge in [-0.15, -0.1) is 0 Å². The van der Waals surface area contributed by atoms with Crippen LogP contribution >= 0.6 is 11.6 Å². The normalized spacial score (nSPS) is 10.8. The molecule has 0 atom stereocenters. The van der Waals surface area contributed by atoms with Gasteiger partial charge in [-0.3, -0.25) is 5.32 Å². The van der Waals surface area contributed by atoms with Crippen LogP contribution in [-0.4, -0.2) is 29.8 Å². The van der Waals surface area contributed by atoms with Crippen molar-refractivity contribution >= 4 is 29.4 Å². The van der Waals surface area contributed by atoms with Gasteiger partial charge in [0.05, 0.1) is 18.4 Å². The molecule has 0 radical (unpaired) electrons. The fourth-order valence-corrected chi connectivity index (χ4v) is 1.33. The third-order valence-corrected chi connectivity index (χ3v) is 2.20. The molecule has 0 spiro atoms. The van der Waals surface area contributed by atoms with Crippen molar-refractivity contribution in [1.82, 2.24) is 4.98 Å². The molecule has 1 aromatic heterocycles. The lowest BCUT2D eigenvalue weighted by Crippen LogP contribution is -2.27. The first kappa shape index (κ1) is 15.2. The van der Waals surface area contributed by atoms with E-state index in [2.05, 4.69) is 15.0 Å². The fraction of sp³-hybridized carbons (Fsp3) is 0.417. The van der Waals surface area contributed by atoms with Crippen molar-refractivity contribution in [2.45, 2.75) is 26.4 Å². The number of ether oxygens (including phenoxy) is 2. The van der Waals surface area contributed by atoms with Gasteiger partial charge in [0.2, 0.25) is 0 Å². The SMILES string of the molecule is COC(=O)c1cnc(Cl)c(NC(=O)OC(C)(C)C)c1. The largest absolute Gasteiger partial charge is 0.465 e. The Kier molecular flexibility index (Phi) is 4.72. The zero-order valence-corrected chi connectivity index (χ0v) is 11.9. The van der Waals surface area contributed by atoms with E-state index in [1.807, 2.05) is 0 Å². The van der Waals surface area contributed by atoms with Gasteiger partial charge in [-0.05, 0) is 26.8 Å². The second kappa shape index (κ2) is 5.88. The van der Waals surface area contributed by atoms with Gasteiger partial charge < -0.3 is 9.47 Å². The molecular formula is C12H15ClN2O4. The zero-order chi connectivity index (χ0) is 14.6. The molecule has 0 aromatic carbocycles. The maximum Gasteiger partial charge on any atom is 0.412 e. The average Bonchev–Trinajstić information content (AvgIpc) is 2.28. The monoisotopic (exact) mass is 286 g/mol. The molecule has 19 heavy (non-hydrogen) atoms. The van der Waals surface area contributed by atoms with Gasteiger partial charge in [-0.25, -0.2) is 14.6 Å². The Labute approximate surface area is 116 Å². The van der Waals surface area contributed by atoms with Gasteiger partial charge >= 0.3 is 12.1 Å². The molecule has 1 N–H and O–H groups in total. The minimum Gasteiger partial charge on any atom is -0.465 e. The number of esters is 1. The predicted octanol–water partition coefficient (Wildman–Crippen LogP) is 2.87. The van der Waals surface area contributed by atoms with Gasteiger partial charge in [0.15, 0.2) is 5.15 Å². The molecule has 1 heterocycles. The van der Waals surface area contributed by atoms with E-state index in [9.17, 15) is 9.59 Å². The maximum absolute atomic E-state index is 11.6. The van der Waals surface area contributed by atoms with Crippen molar-refractivity contribution in [2.24, 2.45) is 0 Å². The van der Waals surface area contributed by atoms with Crippen molar-refractivity contribution in [2.75, 3.05) is 12.4 Å². The maximum atomic E-state index is 11.6. The third-order valence-electron chi connectivity index (χ3n) is 1.90. The summed E-state index contributed by atoms with van der Waals surface area (Å²) >= 11 is 5.83. The summed E-state index contributed by atoms with van der Waals surface area (Å²) in [7, 11) is 1.25. The molecule has 1 amide bonds. The summed E-state index contributed by atoms with van der Waals surface area (Å²) in [6, 6.07) is 1.37. The number of amides is 1. The Morgan fingerprint density at radius 1 is 1.37 bits per heavy atom. The first-order chi connectivity index (χ1) is 8.73. The molecule has 1 aromatic rings. The fourth-order valence-electron chi connectivity index (χ4n) is 1.18. The first-order valence-electron chi connectivity index (χ1n) is 5.47. The Balaban J connectivity index is 2.88. The highest BCUT2D eigenvalue weighted by atomic mass is 35.5. The number of nitrogens with one attached hydrogen (secondary N) is 1. The minimum absolute atomic E-state index is 0.0542. The molecule has 104 valence electrons. The number of halogens is 1. The van der Waals surface area contributed by atoms with Crippen LogP contribution in [0.25, 0.3) is 0 Å². The van der Waals surface area contributed by atoms with Crippen molar-refractivity contribution in [1.29, 1.82) is 0 Å². The molecule has 0 fully saturated rings. The quantitative estimate of drug-likeness (QED) is 0.668. The molecule has 0 aliphatic carbocycles. The zero-order valence-electron chi connectivity index (χ0n) is 11.1. The number of methoxy groups -OCH3 is 1. The molecule has 7 heteroatoms. The molecule has 0 aliphatic heterocycles. The van der Waals surface area contributed by atoms with Crippen LogP contribution < -0.4 is 5.32 Å². The number of rotatable bonds is 2. The Morgan fingerprint density at radius 3 is 2.53 bits per heavy atom. The number of carbonyl (C=O) groups excluding carboxylic acids is 2. The lowest BCUT2D eigenvalue weighted by atomic mass is 10.2. The Morgan fingerprint density at radius 2 is 2.00 bits per heavy atom. The molecule has 0 aliphatic rings. The first-order valence-corrected chi connectivity index (χ1v) is 5.84. The molecule has 0 unspecified atom stereocenters. The smallest absolute Gasteiger partial charge is 0.412 e. The van der Waals surface area contributed by atoms with Crippen molar-refractivity contribution in [3.63, 3.8) is 0 Å². The number of anilines is 1. The van der Waals surface area contributed by atoms with E-state index in [-0.39, 0.29) is 16.4 Å². The van der Waals surface area contributed by atoms with Crippen LogP contribution in [0.4, 0.5) is 10.5 Å². The van der Waals surface area contributed by atoms with Crippen LogP contribution in [0.2, 0.25) is 5.15 Å². The summed E-state index contributed by atoms with van der Waals surface area (Å²) in [6.45, 7) is 5.20. The van der Waals surface area contributed by atoms with Crippen LogP contribution in [0.3, 0.4) is 0 Å². The molecule has 6 nitrogen and oxygen atoms in total. The van der Waals surface area contributed by atoms with Crippen molar-refractivity contribution in [3.05, 3.63) is 23.0 Å². The topological polar surface area (TPSA) is 77.5 Å².